The molecule has 0 atom stereocenters. The number of phenols is 2. The summed E-state index contributed by atoms with van der Waals surface area (Å²) < 4.78 is 30.2. The first-order valence-electron chi connectivity index (χ1n) is 34.0. The number of aryl methyl sites for hydroxylation is 3. The van der Waals surface area contributed by atoms with Gasteiger partial charge in [-0.2, -0.15) is 0 Å². The van der Waals surface area contributed by atoms with Crippen molar-refractivity contribution in [3.63, 3.8) is 0 Å². The second-order valence-electron chi connectivity index (χ2n) is 31.4. The summed E-state index contributed by atoms with van der Waals surface area (Å²) in [4.78, 5) is 0. The first-order valence-corrected chi connectivity index (χ1v) is 34.0. The summed E-state index contributed by atoms with van der Waals surface area (Å²) in [6.45, 7) is 11.6. The normalized spacial score (nSPS) is 36.7. The molecule has 6 N–H and O–H groups in total. The molecule has 0 radical (unpaired) electrons. The predicted octanol–water partition coefficient (Wildman–Crippen LogP) is 15.8. The highest BCUT2D eigenvalue weighted by atomic mass is 19.1. The van der Waals surface area contributed by atoms with Crippen LogP contribution in [0.1, 0.15) is 199 Å². The molecule has 16 saturated carbocycles. The predicted molar refractivity (Wildman–Crippen MR) is 339 cm³/mol. The smallest absolute Gasteiger partial charge is 0.160 e. The van der Waals surface area contributed by atoms with Crippen LogP contribution < -0.4 is 35.5 Å². The van der Waals surface area contributed by atoms with Crippen LogP contribution in [0.25, 0.3) is 0 Å². The number of benzene rings is 4. The van der Waals surface area contributed by atoms with E-state index in [2.05, 4.69) is 71.5 Å². The second kappa shape index (κ2) is 24.2. The average molecular weight is 1160 g/mol. The third kappa shape index (κ3) is 12.9. The molecule has 0 spiro atoms. The number of halogens is 1. The highest BCUT2D eigenvalue weighted by molar-refractivity contribution is 5.48. The van der Waals surface area contributed by atoms with Crippen LogP contribution in [-0.4, -0.2) is 53.7 Å². The van der Waals surface area contributed by atoms with Gasteiger partial charge in [0.1, 0.15) is 23.1 Å². The maximum absolute atomic E-state index is 14.3. The highest BCUT2D eigenvalue weighted by Crippen LogP contribution is 2.59. The molecular formula is C75H105FN4O5. The number of methoxy groups -OCH3 is 3. The van der Waals surface area contributed by atoms with E-state index in [0.717, 1.165) is 124 Å². The molecule has 0 aromatic heterocycles. The van der Waals surface area contributed by atoms with E-state index in [1.807, 2.05) is 26.0 Å². The Hall–Kier alpha value is -4.35. The molecule has 16 bridgehead atoms. The van der Waals surface area contributed by atoms with Crippen molar-refractivity contribution in [1.29, 1.82) is 0 Å². The summed E-state index contributed by atoms with van der Waals surface area (Å²) in [7, 11) is 5.08. The molecule has 0 heterocycles. The lowest BCUT2D eigenvalue weighted by atomic mass is 9.53. The SMILES string of the molecule is COc1cc(C)c(CNC23CC4CC(CC(C4)C2)C3)c(F)c1.COc1ccc(C)c(CNC23CC4CC(CC(C4)C2)C3)c1.COc1ccc(CNC23CC4CC(CC(C4)C2)C3)cc1C.Cc1c(CNC23CC4CC(CC(C4)C2)C3)ccc(O)c1O. The van der Waals surface area contributed by atoms with Gasteiger partial charge in [0.05, 0.1) is 21.3 Å². The van der Waals surface area contributed by atoms with Gasteiger partial charge < -0.3 is 45.7 Å². The summed E-state index contributed by atoms with van der Waals surface area (Å²) in [6, 6.07) is 20.0. The molecule has 4 aromatic rings. The van der Waals surface area contributed by atoms with E-state index >= 15 is 0 Å². The summed E-state index contributed by atoms with van der Waals surface area (Å²) in [6.07, 6.45) is 34.2. The molecule has 16 aliphatic rings. The van der Waals surface area contributed by atoms with Crippen molar-refractivity contribution in [2.75, 3.05) is 21.3 Å². The maximum atomic E-state index is 14.3. The number of nitrogens with one attached hydrogen (secondary N) is 4. The molecule has 16 aliphatic carbocycles. The van der Waals surface area contributed by atoms with E-state index in [4.69, 9.17) is 14.2 Å². The van der Waals surface area contributed by atoms with E-state index in [0.29, 0.717) is 28.9 Å². The van der Waals surface area contributed by atoms with Gasteiger partial charge in [0, 0.05) is 60.0 Å². The third-order valence-corrected chi connectivity index (χ3v) is 24.9. The number of rotatable bonds is 15. The Labute approximate surface area is 509 Å². The molecule has 10 heteroatoms. The minimum Gasteiger partial charge on any atom is -0.504 e. The van der Waals surface area contributed by atoms with Crippen molar-refractivity contribution < 1.29 is 28.8 Å². The number of hydrogen-bond acceptors (Lipinski definition) is 9. The molecule has 0 amide bonds. The number of phenolic OH excluding ortho intramolecular Hbond substituents is 2. The lowest BCUT2D eigenvalue weighted by molar-refractivity contribution is -0.0208. The van der Waals surface area contributed by atoms with Gasteiger partial charge in [-0.3, -0.25) is 0 Å². The molecule has 0 saturated heterocycles. The van der Waals surface area contributed by atoms with E-state index < -0.39 is 0 Å². The van der Waals surface area contributed by atoms with E-state index in [1.165, 1.54) is 182 Å². The molecule has 0 aliphatic heterocycles. The van der Waals surface area contributed by atoms with Gasteiger partial charge in [0.15, 0.2) is 11.5 Å². The Bertz CT molecular complexity index is 2860. The molecule has 0 unspecified atom stereocenters. The van der Waals surface area contributed by atoms with Gasteiger partial charge in [-0.1, -0.05) is 24.3 Å². The van der Waals surface area contributed by atoms with Crippen LogP contribution >= 0.6 is 0 Å². The Morgan fingerprint density at radius 3 is 1.19 bits per heavy atom. The van der Waals surface area contributed by atoms with Crippen LogP contribution in [0.4, 0.5) is 4.39 Å². The van der Waals surface area contributed by atoms with E-state index in [-0.39, 0.29) is 22.9 Å². The summed E-state index contributed by atoms with van der Waals surface area (Å²) >= 11 is 0. The van der Waals surface area contributed by atoms with Crippen LogP contribution in [0.3, 0.4) is 0 Å². The first-order chi connectivity index (χ1) is 40.9. The number of aromatic hydroxyl groups is 2. The zero-order valence-corrected chi connectivity index (χ0v) is 53.0. The van der Waals surface area contributed by atoms with Crippen molar-refractivity contribution in [3.05, 3.63) is 111 Å². The van der Waals surface area contributed by atoms with Crippen LogP contribution in [0, 0.1) is 105 Å². The molecule has 20 rings (SSSR count). The van der Waals surface area contributed by atoms with Crippen molar-refractivity contribution >= 4 is 0 Å². The van der Waals surface area contributed by atoms with Gasteiger partial charge >= 0.3 is 0 Å². The minimum atomic E-state index is -0.144. The van der Waals surface area contributed by atoms with Crippen molar-refractivity contribution in [2.45, 2.75) is 230 Å². The zero-order valence-electron chi connectivity index (χ0n) is 53.0. The summed E-state index contributed by atoms with van der Waals surface area (Å²) in [5.41, 5.74) is 10.6. The van der Waals surface area contributed by atoms with Crippen LogP contribution in [0.15, 0.2) is 60.7 Å². The minimum absolute atomic E-state index is 0.0222. The summed E-state index contributed by atoms with van der Waals surface area (Å²) in [5, 5.41) is 35.0. The van der Waals surface area contributed by atoms with Gasteiger partial charge in [-0.15, -0.1) is 0 Å². The largest absolute Gasteiger partial charge is 0.504 e. The molecule has 85 heavy (non-hydrogen) atoms. The number of hydrogen-bond donors (Lipinski definition) is 6. The fraction of sp³-hybridized carbons (Fsp3) is 0.680. The molecular weight excluding hydrogens is 1060 g/mol. The van der Waals surface area contributed by atoms with Crippen molar-refractivity contribution in [2.24, 2.45) is 71.0 Å². The lowest BCUT2D eigenvalue weighted by Gasteiger charge is -2.57. The van der Waals surface area contributed by atoms with Crippen molar-refractivity contribution in [1.82, 2.24) is 21.3 Å². The van der Waals surface area contributed by atoms with Crippen LogP contribution in [0.5, 0.6) is 28.7 Å². The fourth-order valence-corrected chi connectivity index (χ4v) is 22.5. The molecule has 462 valence electrons. The standard InChI is InChI=1S/C19H26FNO.2C19H27NO.C18H25NO2/c1-12-3-16(22-2)7-18(20)17(12)11-21-19-8-13-4-14(9-19)6-15(5-13)10-19;1-13-5-14(3-4-18(13)21-2)12-20-19-9-15-6-16(10-19)8-17(7-15)11-19;1-13-3-4-18(21-2)8-17(13)12-20-19-9-14-5-15(10-19)7-16(6-14)11-19;1-11-15(2-3-16(20)17(11)21)10-19-18-7-12-4-13(8-18)6-14(5-12)9-18/h3,7,13-15,21H,4-6,8-11H2,1-2H3;3-5,15-17,20H,6-12H2,1-2H3;3-4,8,14-16,20H,5-7,9-12H2,1-2H3;2-3,12-14,19-21H,4-10H2,1H3. The average Bonchev–Trinajstić information content (AvgIpc) is 2.34. The van der Waals surface area contributed by atoms with Gasteiger partial charge in [-0.05, 0) is 322 Å². The van der Waals surface area contributed by atoms with E-state index in [1.54, 1.807) is 27.4 Å². The highest BCUT2D eigenvalue weighted by Gasteiger charge is 2.54. The first kappa shape index (κ1) is 59.6. The van der Waals surface area contributed by atoms with Crippen molar-refractivity contribution in [3.8, 4) is 28.7 Å². The van der Waals surface area contributed by atoms with Gasteiger partial charge in [-0.25, -0.2) is 4.39 Å². The zero-order chi connectivity index (χ0) is 58.8. The van der Waals surface area contributed by atoms with Gasteiger partial charge in [0.25, 0.3) is 0 Å². The third-order valence-electron chi connectivity index (χ3n) is 24.9. The van der Waals surface area contributed by atoms with Crippen LogP contribution in [0.2, 0.25) is 0 Å². The lowest BCUT2D eigenvalue weighted by Crippen LogP contribution is -2.58. The maximum Gasteiger partial charge on any atom is 0.160 e. The number of ether oxygens (including phenoxy) is 3. The molecule has 4 aromatic carbocycles. The Morgan fingerprint density at radius 2 is 0.800 bits per heavy atom. The van der Waals surface area contributed by atoms with Crippen LogP contribution in [-0.2, 0) is 26.2 Å². The second-order valence-corrected chi connectivity index (χ2v) is 31.4. The Balaban J connectivity index is 0.000000105. The quantitative estimate of drug-likeness (QED) is 0.0648. The fourth-order valence-electron chi connectivity index (χ4n) is 22.5. The van der Waals surface area contributed by atoms with Gasteiger partial charge in [0.2, 0.25) is 0 Å². The van der Waals surface area contributed by atoms with E-state index in [9.17, 15) is 14.6 Å². The Morgan fingerprint density at radius 1 is 0.400 bits per heavy atom. The Kier molecular flexibility index (Phi) is 17.0. The summed E-state index contributed by atoms with van der Waals surface area (Å²) in [5.74, 6) is 14.1. The monoisotopic (exact) mass is 1160 g/mol. The molecule has 16 fully saturated rings. The molecule has 9 nitrogen and oxygen atoms in total. The topological polar surface area (TPSA) is 116 Å².